The summed E-state index contributed by atoms with van der Waals surface area (Å²) in [7, 11) is -1.98. The molecule has 1 aliphatic rings. The minimum absolute atomic E-state index is 0.0674. The first-order chi connectivity index (χ1) is 10.9. The van der Waals surface area contributed by atoms with E-state index in [1.807, 2.05) is 0 Å². The number of nitrogens with zero attached hydrogens (tertiary/aromatic N) is 1. The molecule has 0 aliphatic carbocycles. The lowest BCUT2D eigenvalue weighted by Crippen LogP contribution is -2.45. The molecule has 1 aromatic rings. The van der Waals surface area contributed by atoms with Crippen LogP contribution < -0.4 is 0 Å². The van der Waals surface area contributed by atoms with Crippen LogP contribution in [0.4, 0.5) is 4.39 Å². The minimum atomic E-state index is -3.48. The second-order valence-corrected chi connectivity index (χ2v) is 7.81. The molecule has 1 atom stereocenters. The van der Waals surface area contributed by atoms with E-state index in [0.29, 0.717) is 26.1 Å². The highest BCUT2D eigenvalue weighted by Gasteiger charge is 2.32. The molecule has 1 aliphatic heterocycles. The van der Waals surface area contributed by atoms with Crippen LogP contribution in [0.25, 0.3) is 0 Å². The number of benzene rings is 1. The molecule has 1 aromatic carbocycles. The van der Waals surface area contributed by atoms with Crippen LogP contribution in [-0.4, -0.2) is 50.9 Å². The first-order valence-corrected chi connectivity index (χ1v) is 9.38. The van der Waals surface area contributed by atoms with E-state index >= 15 is 0 Å². The van der Waals surface area contributed by atoms with Crippen molar-refractivity contribution >= 4 is 10.0 Å². The summed E-state index contributed by atoms with van der Waals surface area (Å²) in [5.74, 6) is -0.399. The highest BCUT2D eigenvalue weighted by Crippen LogP contribution is 2.22. The Labute approximate surface area is 137 Å². The second-order valence-electron chi connectivity index (χ2n) is 5.84. The summed E-state index contributed by atoms with van der Waals surface area (Å²) in [5, 5.41) is 0. The first-order valence-electron chi connectivity index (χ1n) is 7.77. The Morgan fingerprint density at radius 2 is 1.91 bits per heavy atom. The predicted molar refractivity (Wildman–Crippen MR) is 86.0 cm³/mol. The number of ether oxygens (including phenoxy) is 2. The Kier molecular flexibility index (Phi) is 6.52. The van der Waals surface area contributed by atoms with Gasteiger partial charge in [0.2, 0.25) is 10.0 Å². The zero-order valence-corrected chi connectivity index (χ0v) is 14.4. The third-order valence-electron chi connectivity index (χ3n) is 4.05. The van der Waals surface area contributed by atoms with Gasteiger partial charge >= 0.3 is 0 Å². The topological polar surface area (TPSA) is 55.8 Å². The molecule has 0 spiro atoms. The largest absolute Gasteiger partial charge is 0.381 e. The summed E-state index contributed by atoms with van der Waals surface area (Å²) < 4.78 is 50.6. The number of hydrogen-bond acceptors (Lipinski definition) is 4. The van der Waals surface area contributed by atoms with Crippen LogP contribution in [0.5, 0.6) is 0 Å². The molecule has 0 radical (unpaired) electrons. The smallest absolute Gasteiger partial charge is 0.217 e. The fraction of sp³-hybridized carbons (Fsp3) is 0.625. The van der Waals surface area contributed by atoms with Crippen molar-refractivity contribution in [2.45, 2.75) is 38.5 Å². The molecule has 1 fully saturated rings. The van der Waals surface area contributed by atoms with Crippen molar-refractivity contribution in [1.29, 1.82) is 0 Å². The van der Waals surface area contributed by atoms with Gasteiger partial charge in [0.1, 0.15) is 5.82 Å². The number of sulfonamides is 1. The number of rotatable bonds is 7. The van der Waals surface area contributed by atoms with E-state index in [0.717, 1.165) is 5.56 Å². The lowest BCUT2D eigenvalue weighted by molar-refractivity contribution is 0.0563. The van der Waals surface area contributed by atoms with Gasteiger partial charge in [0, 0.05) is 32.9 Å². The van der Waals surface area contributed by atoms with Crippen LogP contribution in [-0.2, 0) is 26.0 Å². The van der Waals surface area contributed by atoms with E-state index in [1.54, 1.807) is 19.1 Å². The molecule has 0 unspecified atom stereocenters. The molecular weight excluding hydrogens is 321 g/mol. The van der Waals surface area contributed by atoms with Crippen LogP contribution in [0.3, 0.4) is 0 Å². The van der Waals surface area contributed by atoms with Gasteiger partial charge in [-0.3, -0.25) is 0 Å². The van der Waals surface area contributed by atoms with Crippen molar-refractivity contribution in [3.63, 3.8) is 0 Å². The second kappa shape index (κ2) is 8.19. The van der Waals surface area contributed by atoms with Crippen LogP contribution in [0.1, 0.15) is 25.3 Å². The fourth-order valence-electron chi connectivity index (χ4n) is 2.66. The molecule has 23 heavy (non-hydrogen) atoms. The Balaban J connectivity index is 2.21. The Morgan fingerprint density at radius 1 is 1.30 bits per heavy atom. The zero-order chi connectivity index (χ0) is 16.9. The molecule has 130 valence electrons. The molecule has 0 amide bonds. The predicted octanol–water partition coefficient (Wildman–Crippen LogP) is 2.17. The molecule has 0 N–H and O–H groups in total. The maximum absolute atomic E-state index is 13.1. The van der Waals surface area contributed by atoms with Crippen molar-refractivity contribution < 1.29 is 22.3 Å². The summed E-state index contributed by atoms with van der Waals surface area (Å²) in [4.78, 5) is 0. The highest BCUT2D eigenvalue weighted by molar-refractivity contribution is 7.89. The number of hydrogen-bond donors (Lipinski definition) is 0. The van der Waals surface area contributed by atoms with Gasteiger partial charge in [-0.15, -0.1) is 0 Å². The van der Waals surface area contributed by atoms with Crippen molar-refractivity contribution in [3.8, 4) is 0 Å². The SMILES string of the molecule is CO[C@H](C)CS(=O)(=O)N(Cc1ccc(F)cc1)C1CCOCC1. The van der Waals surface area contributed by atoms with Crippen molar-refractivity contribution in [1.82, 2.24) is 4.31 Å². The van der Waals surface area contributed by atoms with Crippen LogP contribution in [0.2, 0.25) is 0 Å². The van der Waals surface area contributed by atoms with Gasteiger partial charge in [-0.2, -0.15) is 4.31 Å². The third kappa shape index (κ3) is 5.24. The molecule has 0 bridgehead atoms. The lowest BCUT2D eigenvalue weighted by atomic mass is 10.1. The van der Waals surface area contributed by atoms with E-state index in [2.05, 4.69) is 0 Å². The average Bonchev–Trinajstić information content (AvgIpc) is 2.54. The summed E-state index contributed by atoms with van der Waals surface area (Å²) in [6.45, 7) is 3.08. The van der Waals surface area contributed by atoms with E-state index in [-0.39, 0.29) is 30.3 Å². The monoisotopic (exact) mass is 345 g/mol. The normalized spacial score (nSPS) is 18.3. The van der Waals surface area contributed by atoms with E-state index in [1.165, 1.54) is 23.5 Å². The average molecular weight is 345 g/mol. The standard InChI is InChI=1S/C16H24FNO4S/c1-13(21-2)12-23(19,20)18(16-7-9-22-10-8-16)11-14-3-5-15(17)6-4-14/h3-6,13,16H,7-12H2,1-2H3/t13-/m1/s1. The molecule has 0 saturated carbocycles. The minimum Gasteiger partial charge on any atom is -0.381 e. The first kappa shape index (κ1) is 18.3. The maximum atomic E-state index is 13.1. The van der Waals surface area contributed by atoms with E-state index < -0.39 is 10.0 Å². The van der Waals surface area contributed by atoms with Crippen molar-refractivity contribution in [2.24, 2.45) is 0 Å². The van der Waals surface area contributed by atoms with Crippen LogP contribution >= 0.6 is 0 Å². The Morgan fingerprint density at radius 3 is 2.48 bits per heavy atom. The van der Waals surface area contributed by atoms with E-state index in [4.69, 9.17) is 9.47 Å². The summed E-state index contributed by atoms with van der Waals surface area (Å²) in [5.41, 5.74) is 0.770. The van der Waals surface area contributed by atoms with Crippen LogP contribution in [0.15, 0.2) is 24.3 Å². The van der Waals surface area contributed by atoms with Crippen LogP contribution in [0, 0.1) is 5.82 Å². The van der Waals surface area contributed by atoms with E-state index in [9.17, 15) is 12.8 Å². The molecule has 0 aromatic heterocycles. The fourth-order valence-corrected chi connectivity index (χ4v) is 4.59. The number of methoxy groups -OCH3 is 1. The van der Waals surface area contributed by atoms with Crippen molar-refractivity contribution in [2.75, 3.05) is 26.1 Å². The van der Waals surface area contributed by atoms with Gasteiger partial charge in [-0.1, -0.05) is 12.1 Å². The van der Waals surface area contributed by atoms with Gasteiger partial charge in [-0.25, -0.2) is 12.8 Å². The van der Waals surface area contributed by atoms with Gasteiger partial charge < -0.3 is 9.47 Å². The lowest BCUT2D eigenvalue weighted by Gasteiger charge is -2.34. The Hall–Kier alpha value is -1.02. The zero-order valence-electron chi connectivity index (χ0n) is 13.6. The van der Waals surface area contributed by atoms with Gasteiger partial charge in [0.05, 0.1) is 11.9 Å². The Bertz CT molecular complexity index is 585. The molecule has 7 heteroatoms. The number of halogens is 1. The molecule has 2 rings (SSSR count). The molecule has 5 nitrogen and oxygen atoms in total. The highest BCUT2D eigenvalue weighted by atomic mass is 32.2. The molecular formula is C16H24FNO4S. The molecule has 1 heterocycles. The quantitative estimate of drug-likeness (QED) is 0.760. The summed E-state index contributed by atoms with van der Waals surface area (Å²) in [6, 6.07) is 5.85. The van der Waals surface area contributed by atoms with Gasteiger partial charge in [0.15, 0.2) is 0 Å². The maximum Gasteiger partial charge on any atom is 0.217 e. The van der Waals surface area contributed by atoms with Crippen molar-refractivity contribution in [3.05, 3.63) is 35.6 Å². The molecule has 1 saturated heterocycles. The van der Waals surface area contributed by atoms with Gasteiger partial charge in [-0.05, 0) is 37.5 Å². The summed E-state index contributed by atoms with van der Waals surface area (Å²) in [6.07, 6.45) is 0.958. The third-order valence-corrected chi connectivity index (χ3v) is 6.09. The van der Waals surface area contributed by atoms with Gasteiger partial charge in [0.25, 0.3) is 0 Å². The summed E-state index contributed by atoms with van der Waals surface area (Å²) >= 11 is 0.